The van der Waals surface area contributed by atoms with Crippen LogP contribution < -0.4 is 15.4 Å². The number of carbonyl (C=O) groups excluding carboxylic acids is 2. The van der Waals surface area contributed by atoms with Gasteiger partial charge in [0.15, 0.2) is 0 Å². The highest BCUT2D eigenvalue weighted by molar-refractivity contribution is 5.98. The minimum Gasteiger partial charge on any atom is -0.497 e. The number of aryl methyl sites for hydroxylation is 1. The second kappa shape index (κ2) is 9.50. The van der Waals surface area contributed by atoms with E-state index in [4.69, 9.17) is 4.74 Å². The van der Waals surface area contributed by atoms with Gasteiger partial charge in [-0.3, -0.25) is 14.6 Å². The fourth-order valence-electron chi connectivity index (χ4n) is 2.82. The highest BCUT2D eigenvalue weighted by Gasteiger charge is 2.12. The van der Waals surface area contributed by atoms with Crippen molar-refractivity contribution in [2.24, 2.45) is 0 Å². The van der Waals surface area contributed by atoms with E-state index in [0.717, 1.165) is 22.4 Å². The number of benzene rings is 2. The summed E-state index contributed by atoms with van der Waals surface area (Å²) in [4.78, 5) is 28.9. The number of hydrogen-bond acceptors (Lipinski definition) is 4. The molecule has 0 aliphatic carbocycles. The average molecular weight is 389 g/mol. The molecule has 0 atom stereocenters. The zero-order valence-corrected chi connectivity index (χ0v) is 16.4. The van der Waals surface area contributed by atoms with Crippen LogP contribution in [0.4, 0.5) is 0 Å². The van der Waals surface area contributed by atoms with Crippen LogP contribution in [0.1, 0.15) is 37.5 Å². The standard InChI is InChI=1S/C23H23N3O3/c1-16-4-3-5-18(12-16)15-25-22(27)19-10-11-24-21(13-19)23(28)26-14-17-6-8-20(29-2)9-7-17/h3-13H,14-15H2,1-2H3,(H,25,27)(H,26,28). The number of hydrogen-bond donors (Lipinski definition) is 2. The SMILES string of the molecule is COc1ccc(CNC(=O)c2cc(C(=O)NCc3cccc(C)c3)ccn2)cc1. The molecule has 0 radical (unpaired) electrons. The summed E-state index contributed by atoms with van der Waals surface area (Å²) in [7, 11) is 1.60. The molecule has 0 saturated carbocycles. The van der Waals surface area contributed by atoms with Gasteiger partial charge in [0.2, 0.25) is 0 Å². The Bertz CT molecular complexity index is 1000. The van der Waals surface area contributed by atoms with Crippen LogP contribution in [-0.2, 0) is 13.1 Å². The third kappa shape index (κ3) is 5.65. The monoisotopic (exact) mass is 389 g/mol. The number of aromatic nitrogens is 1. The van der Waals surface area contributed by atoms with Crippen molar-refractivity contribution >= 4 is 11.8 Å². The molecule has 0 bridgehead atoms. The maximum Gasteiger partial charge on any atom is 0.270 e. The summed E-state index contributed by atoms with van der Waals surface area (Å²) in [6.07, 6.45) is 1.46. The summed E-state index contributed by atoms with van der Waals surface area (Å²) in [5.74, 6) is 0.165. The van der Waals surface area contributed by atoms with Crippen LogP contribution in [0, 0.1) is 6.92 Å². The van der Waals surface area contributed by atoms with Gasteiger partial charge in [-0.1, -0.05) is 42.0 Å². The van der Waals surface area contributed by atoms with Crippen LogP contribution in [0.3, 0.4) is 0 Å². The van der Waals surface area contributed by atoms with Crippen molar-refractivity contribution in [3.63, 3.8) is 0 Å². The van der Waals surface area contributed by atoms with Crippen LogP contribution in [0.25, 0.3) is 0 Å². The van der Waals surface area contributed by atoms with Gasteiger partial charge in [0.25, 0.3) is 11.8 Å². The molecule has 0 saturated heterocycles. The molecule has 6 heteroatoms. The predicted octanol–water partition coefficient (Wildman–Crippen LogP) is 3.26. The summed E-state index contributed by atoms with van der Waals surface area (Å²) < 4.78 is 5.12. The molecule has 0 unspecified atom stereocenters. The molecule has 2 aromatic carbocycles. The van der Waals surface area contributed by atoms with E-state index in [1.165, 1.54) is 12.3 Å². The summed E-state index contributed by atoms with van der Waals surface area (Å²) in [6.45, 7) is 2.78. The van der Waals surface area contributed by atoms with Gasteiger partial charge in [0.05, 0.1) is 7.11 Å². The van der Waals surface area contributed by atoms with Gasteiger partial charge < -0.3 is 15.4 Å². The average Bonchev–Trinajstić information content (AvgIpc) is 2.76. The van der Waals surface area contributed by atoms with Crippen molar-refractivity contribution in [1.82, 2.24) is 15.6 Å². The Kier molecular flexibility index (Phi) is 6.58. The molecule has 3 rings (SSSR count). The van der Waals surface area contributed by atoms with Crippen molar-refractivity contribution in [2.75, 3.05) is 7.11 Å². The van der Waals surface area contributed by atoms with Gasteiger partial charge in [0, 0.05) is 24.8 Å². The van der Waals surface area contributed by atoms with E-state index in [2.05, 4.69) is 15.6 Å². The summed E-state index contributed by atoms with van der Waals surface area (Å²) >= 11 is 0. The van der Waals surface area contributed by atoms with E-state index >= 15 is 0 Å². The molecule has 0 spiro atoms. The Morgan fingerprint density at radius 3 is 2.34 bits per heavy atom. The van der Waals surface area contributed by atoms with Crippen LogP contribution in [0.2, 0.25) is 0 Å². The van der Waals surface area contributed by atoms with Crippen molar-refractivity contribution in [2.45, 2.75) is 20.0 Å². The lowest BCUT2D eigenvalue weighted by molar-refractivity contribution is 0.0946. The molecule has 148 valence electrons. The van der Waals surface area contributed by atoms with Crippen LogP contribution in [0.5, 0.6) is 5.75 Å². The number of nitrogens with one attached hydrogen (secondary N) is 2. The second-order valence-corrected chi connectivity index (χ2v) is 6.63. The zero-order valence-electron chi connectivity index (χ0n) is 16.4. The third-order valence-electron chi connectivity index (χ3n) is 4.40. The third-order valence-corrected chi connectivity index (χ3v) is 4.40. The van der Waals surface area contributed by atoms with Crippen LogP contribution in [0.15, 0.2) is 66.9 Å². The van der Waals surface area contributed by atoms with E-state index in [1.54, 1.807) is 13.2 Å². The van der Waals surface area contributed by atoms with Crippen molar-refractivity contribution in [3.8, 4) is 5.75 Å². The number of carbonyl (C=O) groups is 2. The minimum absolute atomic E-state index is 0.196. The smallest absolute Gasteiger partial charge is 0.270 e. The Morgan fingerprint density at radius 1 is 0.897 bits per heavy atom. The number of nitrogens with zero attached hydrogens (tertiary/aromatic N) is 1. The molecule has 29 heavy (non-hydrogen) atoms. The predicted molar refractivity (Wildman–Crippen MR) is 111 cm³/mol. The fourth-order valence-corrected chi connectivity index (χ4v) is 2.82. The van der Waals surface area contributed by atoms with Crippen LogP contribution in [-0.4, -0.2) is 23.9 Å². The maximum absolute atomic E-state index is 12.4. The molecule has 0 aliphatic heterocycles. The van der Waals surface area contributed by atoms with E-state index in [0.29, 0.717) is 18.7 Å². The molecule has 6 nitrogen and oxygen atoms in total. The van der Waals surface area contributed by atoms with Gasteiger partial charge in [-0.25, -0.2) is 0 Å². The van der Waals surface area contributed by atoms with Gasteiger partial charge in [-0.15, -0.1) is 0 Å². The molecule has 1 heterocycles. The van der Waals surface area contributed by atoms with Gasteiger partial charge in [-0.05, 0) is 42.3 Å². The fraction of sp³-hybridized carbons (Fsp3) is 0.174. The molecule has 1 aromatic heterocycles. The van der Waals surface area contributed by atoms with Gasteiger partial charge >= 0.3 is 0 Å². The Hall–Kier alpha value is -3.67. The topological polar surface area (TPSA) is 80.3 Å². The molecule has 2 amide bonds. The van der Waals surface area contributed by atoms with E-state index in [-0.39, 0.29) is 17.5 Å². The molecular weight excluding hydrogens is 366 g/mol. The summed E-state index contributed by atoms with van der Waals surface area (Å²) in [5, 5.41) is 5.68. The normalized spacial score (nSPS) is 10.3. The van der Waals surface area contributed by atoms with Crippen molar-refractivity contribution < 1.29 is 14.3 Å². The Labute approximate surface area is 169 Å². The number of amides is 2. The maximum atomic E-state index is 12.4. The molecule has 0 aliphatic rings. The highest BCUT2D eigenvalue weighted by Crippen LogP contribution is 2.11. The number of ether oxygens (including phenoxy) is 1. The Balaban J connectivity index is 1.58. The van der Waals surface area contributed by atoms with Crippen molar-refractivity contribution in [3.05, 3.63) is 94.8 Å². The molecule has 3 aromatic rings. The van der Waals surface area contributed by atoms with E-state index in [9.17, 15) is 9.59 Å². The first-order valence-electron chi connectivity index (χ1n) is 9.26. The first kappa shape index (κ1) is 20.1. The zero-order chi connectivity index (χ0) is 20.6. The number of rotatable bonds is 7. The molecule has 0 fully saturated rings. The van der Waals surface area contributed by atoms with Gasteiger partial charge in [-0.2, -0.15) is 0 Å². The highest BCUT2D eigenvalue weighted by atomic mass is 16.5. The summed E-state index contributed by atoms with van der Waals surface area (Å²) in [5.41, 5.74) is 3.68. The van der Waals surface area contributed by atoms with Crippen molar-refractivity contribution in [1.29, 1.82) is 0 Å². The summed E-state index contributed by atoms with van der Waals surface area (Å²) in [6, 6.07) is 18.4. The first-order chi connectivity index (χ1) is 14.0. The first-order valence-corrected chi connectivity index (χ1v) is 9.26. The van der Waals surface area contributed by atoms with E-state index in [1.807, 2.05) is 55.5 Å². The van der Waals surface area contributed by atoms with Gasteiger partial charge in [0.1, 0.15) is 11.4 Å². The number of methoxy groups -OCH3 is 1. The van der Waals surface area contributed by atoms with E-state index < -0.39 is 0 Å². The van der Waals surface area contributed by atoms with Crippen LogP contribution >= 0.6 is 0 Å². The molecule has 2 N–H and O–H groups in total. The second-order valence-electron chi connectivity index (χ2n) is 6.63. The lowest BCUT2D eigenvalue weighted by atomic mass is 10.1. The number of pyridine rings is 1. The Morgan fingerprint density at radius 2 is 1.62 bits per heavy atom. The molecular formula is C23H23N3O3. The quantitative estimate of drug-likeness (QED) is 0.650. The lowest BCUT2D eigenvalue weighted by Crippen LogP contribution is -2.26. The largest absolute Gasteiger partial charge is 0.497 e. The lowest BCUT2D eigenvalue weighted by Gasteiger charge is -2.08. The minimum atomic E-state index is -0.339.